The normalized spacial score (nSPS) is 28.1. The van der Waals surface area contributed by atoms with Crippen molar-refractivity contribution >= 4 is 17.4 Å². The van der Waals surface area contributed by atoms with Gasteiger partial charge in [0.2, 0.25) is 5.28 Å². The summed E-state index contributed by atoms with van der Waals surface area (Å²) in [5, 5.41) is 13.8. The van der Waals surface area contributed by atoms with Gasteiger partial charge in [0.1, 0.15) is 5.82 Å². The molecule has 1 aromatic heterocycles. The van der Waals surface area contributed by atoms with Crippen molar-refractivity contribution in [3.05, 3.63) is 17.0 Å². The Morgan fingerprint density at radius 2 is 2.44 bits per heavy atom. The molecule has 4 N–H and O–H groups in total. The molecule has 18 heavy (non-hydrogen) atoms. The molecule has 0 saturated heterocycles. The van der Waals surface area contributed by atoms with Crippen LogP contribution in [0.1, 0.15) is 31.2 Å². The van der Waals surface area contributed by atoms with Crippen LogP contribution in [-0.4, -0.2) is 33.3 Å². The van der Waals surface area contributed by atoms with E-state index in [2.05, 4.69) is 15.3 Å². The van der Waals surface area contributed by atoms with Crippen molar-refractivity contribution < 1.29 is 5.11 Å². The van der Waals surface area contributed by atoms with E-state index >= 15 is 0 Å². The van der Waals surface area contributed by atoms with E-state index in [0.29, 0.717) is 13.0 Å². The van der Waals surface area contributed by atoms with E-state index in [1.807, 2.05) is 6.92 Å². The van der Waals surface area contributed by atoms with Gasteiger partial charge >= 0.3 is 0 Å². The SMILES string of the molecule is Cc1cnc(Cl)nc1NC1CCC[C@@](O)(CN)C1. The van der Waals surface area contributed by atoms with Gasteiger partial charge in [0.25, 0.3) is 0 Å². The zero-order chi connectivity index (χ0) is 13.2. The minimum absolute atomic E-state index is 0.178. The van der Waals surface area contributed by atoms with Crippen molar-refractivity contribution in [1.29, 1.82) is 0 Å². The fourth-order valence-electron chi connectivity index (χ4n) is 2.41. The van der Waals surface area contributed by atoms with Gasteiger partial charge in [0.05, 0.1) is 5.60 Å². The summed E-state index contributed by atoms with van der Waals surface area (Å²) in [5.41, 5.74) is 5.82. The van der Waals surface area contributed by atoms with Crippen molar-refractivity contribution in [1.82, 2.24) is 9.97 Å². The van der Waals surface area contributed by atoms with Crippen molar-refractivity contribution in [2.75, 3.05) is 11.9 Å². The summed E-state index contributed by atoms with van der Waals surface area (Å²) >= 11 is 5.79. The third kappa shape index (κ3) is 3.10. The molecule has 1 aliphatic carbocycles. The summed E-state index contributed by atoms with van der Waals surface area (Å²) < 4.78 is 0. The van der Waals surface area contributed by atoms with E-state index in [9.17, 15) is 5.11 Å². The van der Waals surface area contributed by atoms with E-state index in [1.165, 1.54) is 0 Å². The Kier molecular flexibility index (Phi) is 4.04. The van der Waals surface area contributed by atoms with Gasteiger partial charge < -0.3 is 16.2 Å². The molecular formula is C12H19ClN4O. The van der Waals surface area contributed by atoms with E-state index in [-0.39, 0.29) is 11.3 Å². The zero-order valence-corrected chi connectivity index (χ0v) is 11.2. The van der Waals surface area contributed by atoms with Gasteiger partial charge in [-0.25, -0.2) is 9.97 Å². The number of anilines is 1. The van der Waals surface area contributed by atoms with Crippen molar-refractivity contribution in [2.45, 2.75) is 44.2 Å². The van der Waals surface area contributed by atoms with Crippen molar-refractivity contribution in [2.24, 2.45) is 5.73 Å². The third-order valence-electron chi connectivity index (χ3n) is 3.48. The lowest BCUT2D eigenvalue weighted by Crippen LogP contribution is -2.46. The van der Waals surface area contributed by atoms with Gasteiger partial charge in [-0.05, 0) is 44.2 Å². The molecule has 0 radical (unpaired) electrons. The van der Waals surface area contributed by atoms with E-state index in [4.69, 9.17) is 17.3 Å². The molecule has 2 rings (SSSR count). The van der Waals surface area contributed by atoms with Crippen LogP contribution in [0.5, 0.6) is 0 Å². The van der Waals surface area contributed by atoms with Gasteiger partial charge in [-0.2, -0.15) is 0 Å². The molecule has 0 bridgehead atoms. The van der Waals surface area contributed by atoms with Gasteiger partial charge in [0.15, 0.2) is 0 Å². The van der Waals surface area contributed by atoms with Crippen LogP contribution in [0.15, 0.2) is 6.20 Å². The topological polar surface area (TPSA) is 84.1 Å². The number of nitrogens with zero attached hydrogens (tertiary/aromatic N) is 2. The summed E-state index contributed by atoms with van der Waals surface area (Å²) in [6.45, 7) is 2.23. The van der Waals surface area contributed by atoms with Crippen LogP contribution in [0, 0.1) is 6.92 Å². The molecule has 0 aromatic carbocycles. The van der Waals surface area contributed by atoms with E-state index < -0.39 is 5.60 Å². The molecule has 5 nitrogen and oxygen atoms in total. The first-order valence-electron chi connectivity index (χ1n) is 6.20. The van der Waals surface area contributed by atoms with Crippen molar-refractivity contribution in [3.8, 4) is 0 Å². The second-order valence-electron chi connectivity index (χ2n) is 5.04. The Bertz CT molecular complexity index is 429. The first kappa shape index (κ1) is 13.5. The quantitative estimate of drug-likeness (QED) is 0.725. The number of nitrogens with two attached hydrogens (primary N) is 1. The smallest absolute Gasteiger partial charge is 0.224 e. The first-order chi connectivity index (χ1) is 8.52. The van der Waals surface area contributed by atoms with Gasteiger partial charge in [-0.3, -0.25) is 0 Å². The number of aliphatic hydroxyl groups is 1. The Hall–Kier alpha value is -0.910. The molecule has 0 amide bonds. The second kappa shape index (κ2) is 5.38. The lowest BCUT2D eigenvalue weighted by molar-refractivity contribution is 0.00863. The van der Waals surface area contributed by atoms with Crippen LogP contribution in [-0.2, 0) is 0 Å². The van der Waals surface area contributed by atoms with Crippen molar-refractivity contribution in [3.63, 3.8) is 0 Å². The Morgan fingerprint density at radius 3 is 3.17 bits per heavy atom. The summed E-state index contributed by atoms with van der Waals surface area (Å²) in [6, 6.07) is 0.178. The average Bonchev–Trinajstić information content (AvgIpc) is 2.34. The molecule has 1 unspecified atom stereocenters. The van der Waals surface area contributed by atoms with Gasteiger partial charge in [-0.15, -0.1) is 0 Å². The summed E-state index contributed by atoms with van der Waals surface area (Å²) in [7, 11) is 0. The molecule has 6 heteroatoms. The minimum Gasteiger partial charge on any atom is -0.388 e. The average molecular weight is 271 g/mol. The Labute approximate surface area is 112 Å². The third-order valence-corrected chi connectivity index (χ3v) is 3.67. The number of rotatable bonds is 3. The number of hydrogen-bond acceptors (Lipinski definition) is 5. The highest BCUT2D eigenvalue weighted by Gasteiger charge is 2.33. The Balaban J connectivity index is 2.07. The maximum Gasteiger partial charge on any atom is 0.224 e. The summed E-state index contributed by atoms with van der Waals surface area (Å²) in [5.74, 6) is 0.737. The molecule has 100 valence electrons. The number of nitrogens with one attached hydrogen (secondary N) is 1. The van der Waals surface area contributed by atoms with Crippen LogP contribution >= 0.6 is 11.6 Å². The highest BCUT2D eigenvalue weighted by molar-refractivity contribution is 6.28. The van der Waals surface area contributed by atoms with Crippen LogP contribution < -0.4 is 11.1 Å². The molecule has 1 fully saturated rings. The number of aryl methyl sites for hydroxylation is 1. The maximum absolute atomic E-state index is 10.2. The summed E-state index contributed by atoms with van der Waals surface area (Å²) in [6.07, 6.45) is 5.07. The van der Waals surface area contributed by atoms with Crippen LogP contribution in [0.25, 0.3) is 0 Å². The molecule has 0 spiro atoms. The van der Waals surface area contributed by atoms with Crippen LogP contribution in [0.3, 0.4) is 0 Å². The minimum atomic E-state index is -0.749. The lowest BCUT2D eigenvalue weighted by atomic mass is 9.82. The predicted molar refractivity (Wildman–Crippen MR) is 71.7 cm³/mol. The maximum atomic E-state index is 10.2. The molecule has 1 aromatic rings. The van der Waals surface area contributed by atoms with Gasteiger partial charge in [-0.1, -0.05) is 0 Å². The highest BCUT2D eigenvalue weighted by Crippen LogP contribution is 2.29. The number of aromatic nitrogens is 2. The molecule has 1 aliphatic rings. The first-order valence-corrected chi connectivity index (χ1v) is 6.58. The fraction of sp³-hybridized carbons (Fsp3) is 0.667. The molecule has 2 atom stereocenters. The number of hydrogen-bond donors (Lipinski definition) is 3. The molecule has 0 aliphatic heterocycles. The van der Waals surface area contributed by atoms with E-state index in [0.717, 1.165) is 30.6 Å². The molecular weight excluding hydrogens is 252 g/mol. The molecule has 1 saturated carbocycles. The zero-order valence-electron chi connectivity index (χ0n) is 10.5. The van der Waals surface area contributed by atoms with Crippen LogP contribution in [0.4, 0.5) is 5.82 Å². The lowest BCUT2D eigenvalue weighted by Gasteiger charge is -2.36. The summed E-state index contributed by atoms with van der Waals surface area (Å²) in [4.78, 5) is 8.09. The van der Waals surface area contributed by atoms with Gasteiger partial charge in [0, 0.05) is 24.3 Å². The fourth-order valence-corrected chi connectivity index (χ4v) is 2.54. The second-order valence-corrected chi connectivity index (χ2v) is 5.37. The highest BCUT2D eigenvalue weighted by atomic mass is 35.5. The largest absolute Gasteiger partial charge is 0.388 e. The van der Waals surface area contributed by atoms with E-state index in [1.54, 1.807) is 6.20 Å². The predicted octanol–water partition coefficient (Wildman–Crippen LogP) is 1.48. The monoisotopic (exact) mass is 270 g/mol. The molecule has 1 heterocycles. The number of halogens is 1. The Morgan fingerprint density at radius 1 is 1.67 bits per heavy atom. The standard InChI is InChI=1S/C12H19ClN4O/c1-8-6-15-11(13)17-10(8)16-9-3-2-4-12(18,5-9)7-14/h6,9,18H,2-5,7,14H2,1H3,(H,15,16,17)/t9?,12-/m0/s1. The van der Waals surface area contributed by atoms with Crippen LogP contribution in [0.2, 0.25) is 5.28 Å².